The number of benzene rings is 1. The Labute approximate surface area is 143 Å². The van der Waals surface area contributed by atoms with Crippen LogP contribution in [0.25, 0.3) is 5.69 Å². The fourth-order valence-electron chi connectivity index (χ4n) is 2.41. The van der Waals surface area contributed by atoms with E-state index in [1.807, 2.05) is 42.6 Å². The fourth-order valence-corrected chi connectivity index (χ4v) is 3.20. The van der Waals surface area contributed by atoms with Gasteiger partial charge in [-0.3, -0.25) is 14.7 Å². The fraction of sp³-hybridized carbons (Fsp3) is 0.222. The highest BCUT2D eigenvalue weighted by atomic mass is 32.1. The van der Waals surface area contributed by atoms with Crippen LogP contribution >= 0.6 is 11.3 Å². The number of hydrogen-bond donors (Lipinski definition) is 2. The molecule has 0 fully saturated rings. The standard InChI is InChI=1S/C18H19N3O2S/c1-12-5-7-14(8-6-12)21-17(22)10-15(20-21)18(23)19-11-13(2)16-4-3-9-24-16/h3-10,13,20H,11H2,1-2H3,(H,19,23)/t13-/m0/s1. The third-order valence-electron chi connectivity index (χ3n) is 3.85. The van der Waals surface area contributed by atoms with Gasteiger partial charge in [-0.2, -0.15) is 0 Å². The van der Waals surface area contributed by atoms with Crippen LogP contribution in [-0.2, 0) is 0 Å². The van der Waals surface area contributed by atoms with Gasteiger partial charge in [0.2, 0.25) is 0 Å². The summed E-state index contributed by atoms with van der Waals surface area (Å²) in [6.07, 6.45) is 0. The van der Waals surface area contributed by atoms with Crippen molar-refractivity contribution in [3.8, 4) is 5.69 Å². The smallest absolute Gasteiger partial charge is 0.271 e. The van der Waals surface area contributed by atoms with E-state index in [4.69, 9.17) is 0 Å². The number of aryl methyl sites for hydroxylation is 1. The third-order valence-corrected chi connectivity index (χ3v) is 4.96. The monoisotopic (exact) mass is 341 g/mol. The van der Waals surface area contributed by atoms with Crippen LogP contribution in [0.3, 0.4) is 0 Å². The summed E-state index contributed by atoms with van der Waals surface area (Å²) < 4.78 is 1.37. The van der Waals surface area contributed by atoms with E-state index in [1.165, 1.54) is 15.6 Å². The molecule has 0 unspecified atom stereocenters. The summed E-state index contributed by atoms with van der Waals surface area (Å²) in [4.78, 5) is 25.6. The van der Waals surface area contributed by atoms with Crippen LogP contribution in [0.2, 0.25) is 0 Å². The molecule has 0 aliphatic carbocycles. The average Bonchev–Trinajstić information content (AvgIpc) is 3.23. The van der Waals surface area contributed by atoms with Gasteiger partial charge in [0, 0.05) is 23.4 Å². The molecule has 0 aliphatic rings. The molecule has 3 rings (SSSR count). The maximum atomic E-state index is 12.3. The molecule has 0 aliphatic heterocycles. The summed E-state index contributed by atoms with van der Waals surface area (Å²) in [6, 6.07) is 12.9. The first-order chi connectivity index (χ1) is 11.5. The number of nitrogens with one attached hydrogen (secondary N) is 2. The lowest BCUT2D eigenvalue weighted by Gasteiger charge is -2.10. The maximum Gasteiger partial charge on any atom is 0.271 e. The molecule has 0 saturated carbocycles. The normalized spacial score (nSPS) is 12.1. The van der Waals surface area contributed by atoms with Gasteiger partial charge in [0.05, 0.1) is 5.69 Å². The zero-order valence-electron chi connectivity index (χ0n) is 13.6. The lowest BCUT2D eigenvalue weighted by molar-refractivity contribution is 0.0946. The molecule has 1 amide bonds. The number of carbonyl (C=O) groups is 1. The number of H-pyrrole nitrogens is 1. The lowest BCUT2D eigenvalue weighted by Crippen LogP contribution is -2.27. The highest BCUT2D eigenvalue weighted by Gasteiger charge is 2.14. The van der Waals surface area contributed by atoms with Crippen molar-refractivity contribution in [1.82, 2.24) is 15.1 Å². The Bertz CT molecular complexity index is 876. The molecule has 1 aromatic carbocycles. The molecule has 2 aromatic heterocycles. The molecule has 1 atom stereocenters. The summed E-state index contributed by atoms with van der Waals surface area (Å²) in [5, 5.41) is 7.76. The number of aromatic amines is 1. The van der Waals surface area contributed by atoms with Crippen LogP contribution < -0.4 is 10.9 Å². The van der Waals surface area contributed by atoms with Gasteiger partial charge in [0.25, 0.3) is 11.5 Å². The van der Waals surface area contributed by atoms with Crippen molar-refractivity contribution in [3.63, 3.8) is 0 Å². The molecule has 0 spiro atoms. The summed E-state index contributed by atoms with van der Waals surface area (Å²) in [6.45, 7) is 4.57. The van der Waals surface area contributed by atoms with Crippen LogP contribution in [0.15, 0.2) is 52.6 Å². The van der Waals surface area contributed by atoms with Crippen molar-refractivity contribution in [2.75, 3.05) is 6.54 Å². The molecule has 5 nitrogen and oxygen atoms in total. The second kappa shape index (κ2) is 6.88. The average molecular weight is 341 g/mol. The zero-order valence-corrected chi connectivity index (χ0v) is 14.4. The Morgan fingerprint density at radius 1 is 1.29 bits per heavy atom. The van der Waals surface area contributed by atoms with Gasteiger partial charge in [-0.1, -0.05) is 30.7 Å². The van der Waals surface area contributed by atoms with Gasteiger partial charge >= 0.3 is 0 Å². The number of rotatable bonds is 5. The predicted molar refractivity (Wildman–Crippen MR) is 96.2 cm³/mol. The minimum Gasteiger partial charge on any atom is -0.350 e. The van der Waals surface area contributed by atoms with E-state index >= 15 is 0 Å². The lowest BCUT2D eigenvalue weighted by atomic mass is 10.1. The van der Waals surface area contributed by atoms with Crippen molar-refractivity contribution < 1.29 is 4.79 Å². The Hall–Kier alpha value is -2.60. The molecule has 2 N–H and O–H groups in total. The largest absolute Gasteiger partial charge is 0.350 e. The van der Waals surface area contributed by atoms with E-state index in [1.54, 1.807) is 11.3 Å². The molecule has 0 radical (unpaired) electrons. The van der Waals surface area contributed by atoms with E-state index < -0.39 is 0 Å². The van der Waals surface area contributed by atoms with Gasteiger partial charge in [-0.25, -0.2) is 4.68 Å². The van der Waals surface area contributed by atoms with Gasteiger partial charge < -0.3 is 5.32 Å². The third kappa shape index (κ3) is 3.49. The van der Waals surface area contributed by atoms with Crippen molar-refractivity contribution in [2.24, 2.45) is 0 Å². The minimum absolute atomic E-state index is 0.236. The first-order valence-electron chi connectivity index (χ1n) is 7.75. The molecule has 24 heavy (non-hydrogen) atoms. The van der Waals surface area contributed by atoms with E-state index in [0.717, 1.165) is 5.56 Å². The predicted octanol–water partition coefficient (Wildman–Crippen LogP) is 3.07. The Morgan fingerprint density at radius 3 is 2.71 bits per heavy atom. The topological polar surface area (TPSA) is 66.9 Å². The molecule has 3 aromatic rings. The van der Waals surface area contributed by atoms with Crippen LogP contribution in [0.4, 0.5) is 0 Å². The maximum absolute atomic E-state index is 12.3. The molecule has 124 valence electrons. The summed E-state index contributed by atoms with van der Waals surface area (Å²) >= 11 is 1.67. The summed E-state index contributed by atoms with van der Waals surface area (Å²) in [5.41, 5.74) is 1.82. The van der Waals surface area contributed by atoms with Crippen molar-refractivity contribution in [3.05, 3.63) is 74.3 Å². The van der Waals surface area contributed by atoms with Crippen molar-refractivity contribution >= 4 is 17.2 Å². The van der Waals surface area contributed by atoms with Crippen LogP contribution in [0.1, 0.15) is 33.8 Å². The molecule has 0 saturated heterocycles. The second-order valence-electron chi connectivity index (χ2n) is 5.81. The van der Waals surface area contributed by atoms with Gasteiger partial charge in [-0.15, -0.1) is 11.3 Å². The summed E-state index contributed by atoms with van der Waals surface area (Å²) in [7, 11) is 0. The number of thiophene rings is 1. The molecular formula is C18H19N3O2S. The number of amides is 1. The van der Waals surface area contributed by atoms with E-state index in [2.05, 4.69) is 23.4 Å². The second-order valence-corrected chi connectivity index (χ2v) is 6.78. The van der Waals surface area contributed by atoms with Gasteiger partial charge in [0.15, 0.2) is 0 Å². The number of nitrogens with zero attached hydrogens (tertiary/aromatic N) is 1. The molecule has 6 heteroatoms. The summed E-state index contributed by atoms with van der Waals surface area (Å²) in [5.74, 6) is -0.0405. The number of aromatic nitrogens is 2. The Morgan fingerprint density at radius 2 is 2.04 bits per heavy atom. The van der Waals surface area contributed by atoms with E-state index in [9.17, 15) is 9.59 Å². The molecular weight excluding hydrogens is 322 g/mol. The van der Waals surface area contributed by atoms with E-state index in [0.29, 0.717) is 12.2 Å². The highest BCUT2D eigenvalue weighted by Crippen LogP contribution is 2.19. The van der Waals surface area contributed by atoms with Crippen molar-refractivity contribution in [1.29, 1.82) is 0 Å². The minimum atomic E-state index is -0.277. The Balaban J connectivity index is 1.71. The van der Waals surface area contributed by atoms with Crippen molar-refractivity contribution in [2.45, 2.75) is 19.8 Å². The number of carbonyl (C=O) groups excluding carboxylic acids is 1. The first kappa shape index (κ1) is 16.3. The first-order valence-corrected chi connectivity index (χ1v) is 8.63. The quantitative estimate of drug-likeness (QED) is 0.749. The molecule has 0 bridgehead atoms. The van der Waals surface area contributed by atoms with Crippen LogP contribution in [0, 0.1) is 6.92 Å². The SMILES string of the molecule is Cc1ccc(-n2[nH]c(C(=O)NC[C@H](C)c3cccs3)cc2=O)cc1. The van der Waals surface area contributed by atoms with Gasteiger partial charge in [-0.05, 0) is 30.5 Å². The zero-order chi connectivity index (χ0) is 17.1. The molecule has 2 heterocycles. The number of hydrogen-bond acceptors (Lipinski definition) is 3. The van der Waals surface area contributed by atoms with Crippen LogP contribution in [-0.4, -0.2) is 22.2 Å². The van der Waals surface area contributed by atoms with Gasteiger partial charge in [0.1, 0.15) is 5.69 Å². The van der Waals surface area contributed by atoms with E-state index in [-0.39, 0.29) is 23.1 Å². The Kier molecular flexibility index (Phi) is 4.66. The highest BCUT2D eigenvalue weighted by molar-refractivity contribution is 7.10. The van der Waals surface area contributed by atoms with Crippen LogP contribution in [0.5, 0.6) is 0 Å².